The lowest BCUT2D eigenvalue weighted by atomic mass is 9.58. The third-order valence-corrected chi connectivity index (χ3v) is 5.18. The van der Waals surface area contributed by atoms with Crippen LogP contribution in [0.15, 0.2) is 9.46 Å². The Morgan fingerprint density at radius 2 is 2.05 bits per heavy atom. The van der Waals surface area contributed by atoms with Gasteiger partial charge in [0.15, 0.2) is 0 Å². The number of carbonyl (C=O) groups is 1. The minimum Gasteiger partial charge on any atom is -0.393 e. The van der Waals surface area contributed by atoms with Gasteiger partial charge in [-0.05, 0) is 56.3 Å². The number of aliphatic hydroxyl groups excluding tert-OH is 1. The second-order valence-electron chi connectivity index (χ2n) is 6.09. The number of hydrazone groups is 1. The minimum absolute atomic E-state index is 0.107. The summed E-state index contributed by atoms with van der Waals surface area (Å²) in [6.45, 7) is 0. The van der Waals surface area contributed by atoms with Crippen LogP contribution in [0.4, 0.5) is 4.79 Å². The van der Waals surface area contributed by atoms with Crippen LogP contribution in [0.2, 0.25) is 0 Å². The van der Waals surface area contributed by atoms with Crippen molar-refractivity contribution in [1.82, 2.24) is 5.43 Å². The number of urea groups is 1. The molecule has 0 aromatic rings. The van der Waals surface area contributed by atoms with Crippen LogP contribution in [0.3, 0.4) is 0 Å². The van der Waals surface area contributed by atoms with Gasteiger partial charge in [-0.15, -0.1) is 4.36 Å². The van der Waals surface area contributed by atoms with Crippen LogP contribution >= 0.6 is 0 Å². The largest absolute Gasteiger partial charge is 0.393 e. The van der Waals surface area contributed by atoms with Gasteiger partial charge < -0.3 is 5.11 Å². The third-order valence-electron chi connectivity index (χ3n) is 5.02. The molecule has 2 saturated carbocycles. The highest BCUT2D eigenvalue weighted by molar-refractivity contribution is 7.47. The third kappa shape index (κ3) is 3.82. The van der Waals surface area contributed by atoms with E-state index in [1.165, 1.54) is 25.7 Å². The van der Waals surface area contributed by atoms with E-state index in [4.69, 9.17) is 0 Å². The summed E-state index contributed by atoms with van der Waals surface area (Å²) in [5, 5.41) is 13.6. The topological polar surface area (TPSA) is 74.0 Å². The normalized spacial score (nSPS) is 34.2. The van der Waals surface area contributed by atoms with Crippen LogP contribution in [0.5, 0.6) is 0 Å². The lowest BCUT2D eigenvalue weighted by Gasteiger charge is -2.47. The van der Waals surface area contributed by atoms with Gasteiger partial charge in [-0.25, -0.2) is 10.2 Å². The molecule has 112 valence electrons. The van der Waals surface area contributed by atoms with Gasteiger partial charge in [0.05, 0.1) is 6.10 Å². The summed E-state index contributed by atoms with van der Waals surface area (Å²) in [5.41, 5.74) is 2.67. The van der Waals surface area contributed by atoms with Crippen molar-refractivity contribution in [1.29, 1.82) is 0 Å². The number of hydrogen-bond donors (Lipinski definition) is 2. The van der Waals surface area contributed by atoms with Crippen molar-refractivity contribution in [3.8, 4) is 0 Å². The van der Waals surface area contributed by atoms with E-state index in [9.17, 15) is 9.90 Å². The lowest BCUT2D eigenvalue weighted by molar-refractivity contribution is 0.00111. The molecular formula is C14H23N3O2S. The maximum Gasteiger partial charge on any atom is 0.372 e. The molecule has 6 heteroatoms. The molecule has 2 amide bonds. The molecule has 0 aromatic heterocycles. The van der Waals surface area contributed by atoms with Crippen LogP contribution in [0.25, 0.3) is 0 Å². The Bertz CT molecular complexity index is 379. The van der Waals surface area contributed by atoms with E-state index in [2.05, 4.69) is 27.3 Å². The highest BCUT2D eigenvalue weighted by Gasteiger charge is 2.42. The summed E-state index contributed by atoms with van der Waals surface area (Å²) >= 11 is 4.27. The van der Waals surface area contributed by atoms with Crippen molar-refractivity contribution in [3.05, 3.63) is 0 Å². The maximum absolute atomic E-state index is 10.9. The van der Waals surface area contributed by atoms with Gasteiger partial charge in [0, 0.05) is 18.6 Å². The molecule has 0 saturated heterocycles. The molecule has 0 aromatic carbocycles. The summed E-state index contributed by atoms with van der Waals surface area (Å²) in [6, 6.07) is -0.588. The van der Waals surface area contributed by atoms with Crippen molar-refractivity contribution in [2.75, 3.05) is 0 Å². The molecule has 2 aliphatic carbocycles. The summed E-state index contributed by atoms with van der Waals surface area (Å²) in [7, 11) is 0. The standard InChI is InChI=1S/C14H23N3O2S/c18-12-4-8-14(9-5-12)7-2-1-3-11(14)6-10-15-16-13(19)17-20/h10-12,18H,1-9H2,(H,16,19). The smallest absolute Gasteiger partial charge is 0.372 e. The summed E-state index contributed by atoms with van der Waals surface area (Å²) < 4.78 is 3.06. The minimum atomic E-state index is -0.588. The molecule has 5 nitrogen and oxygen atoms in total. The van der Waals surface area contributed by atoms with E-state index in [1.54, 1.807) is 6.21 Å². The molecular weight excluding hydrogens is 274 g/mol. The van der Waals surface area contributed by atoms with Gasteiger partial charge in [0.2, 0.25) is 0 Å². The average Bonchev–Trinajstić information content (AvgIpc) is 2.48. The molecule has 0 heterocycles. The van der Waals surface area contributed by atoms with Crippen LogP contribution in [0, 0.1) is 11.3 Å². The molecule has 1 unspecified atom stereocenters. The van der Waals surface area contributed by atoms with Crippen molar-refractivity contribution in [2.45, 2.75) is 63.9 Å². The van der Waals surface area contributed by atoms with Gasteiger partial charge in [0.25, 0.3) is 0 Å². The Labute approximate surface area is 125 Å². The van der Waals surface area contributed by atoms with Gasteiger partial charge in [-0.1, -0.05) is 12.8 Å². The van der Waals surface area contributed by atoms with Gasteiger partial charge in [-0.2, -0.15) is 5.10 Å². The molecule has 2 rings (SSSR count). The zero-order valence-electron chi connectivity index (χ0n) is 11.8. The lowest BCUT2D eigenvalue weighted by Crippen LogP contribution is -2.39. The first-order chi connectivity index (χ1) is 9.66. The molecule has 20 heavy (non-hydrogen) atoms. The SMILES string of the molecule is O=C(N=S)NN=CCC1CCCCC12CCC(O)CC2. The quantitative estimate of drug-likeness (QED) is 0.621. The Morgan fingerprint density at radius 3 is 2.75 bits per heavy atom. The number of amides is 2. The van der Waals surface area contributed by atoms with Crippen LogP contribution in [0.1, 0.15) is 57.8 Å². The zero-order chi connectivity index (χ0) is 14.4. The van der Waals surface area contributed by atoms with E-state index in [0.717, 1.165) is 32.1 Å². The van der Waals surface area contributed by atoms with Gasteiger partial charge >= 0.3 is 6.03 Å². The highest BCUT2D eigenvalue weighted by atomic mass is 32.1. The van der Waals surface area contributed by atoms with Crippen molar-refractivity contribution in [2.24, 2.45) is 20.8 Å². The molecule has 1 spiro atoms. The van der Waals surface area contributed by atoms with Gasteiger partial charge in [-0.3, -0.25) is 0 Å². The fourth-order valence-corrected chi connectivity index (χ4v) is 3.92. The first kappa shape index (κ1) is 15.5. The first-order valence-electron chi connectivity index (χ1n) is 7.49. The van der Waals surface area contributed by atoms with E-state index < -0.39 is 6.03 Å². The van der Waals surface area contributed by atoms with Crippen LogP contribution in [-0.2, 0) is 12.4 Å². The maximum atomic E-state index is 10.9. The molecule has 2 fully saturated rings. The van der Waals surface area contributed by atoms with Gasteiger partial charge in [0.1, 0.15) is 0 Å². The number of nitrogens with one attached hydrogen (secondary N) is 1. The van der Waals surface area contributed by atoms with E-state index >= 15 is 0 Å². The van der Waals surface area contributed by atoms with E-state index in [0.29, 0.717) is 11.3 Å². The number of nitrogens with zero attached hydrogens (tertiary/aromatic N) is 2. The predicted octanol–water partition coefficient (Wildman–Crippen LogP) is 2.91. The second-order valence-corrected chi connectivity index (χ2v) is 6.27. The number of carbonyl (C=O) groups excluding carboxylic acids is 1. The second kappa shape index (κ2) is 7.22. The van der Waals surface area contributed by atoms with Crippen molar-refractivity contribution in [3.63, 3.8) is 0 Å². The zero-order valence-corrected chi connectivity index (χ0v) is 12.6. The summed E-state index contributed by atoms with van der Waals surface area (Å²) in [4.78, 5) is 10.9. The van der Waals surface area contributed by atoms with E-state index in [1.807, 2.05) is 0 Å². The average molecular weight is 297 g/mol. The fraction of sp³-hybridized carbons (Fsp3) is 0.857. The number of hydrogen-bond acceptors (Lipinski definition) is 4. The van der Waals surface area contributed by atoms with E-state index in [-0.39, 0.29) is 6.10 Å². The molecule has 2 aliphatic rings. The molecule has 1 atom stereocenters. The van der Waals surface area contributed by atoms with Crippen molar-refractivity contribution >= 4 is 24.7 Å². The number of aliphatic hydroxyl groups is 1. The molecule has 0 radical (unpaired) electrons. The predicted molar refractivity (Wildman–Crippen MR) is 80.3 cm³/mol. The molecule has 2 N–H and O–H groups in total. The molecule has 0 aliphatic heterocycles. The Morgan fingerprint density at radius 1 is 1.30 bits per heavy atom. The first-order valence-corrected chi connectivity index (χ1v) is 7.86. The summed E-state index contributed by atoms with van der Waals surface area (Å²) in [5.74, 6) is 0.616. The van der Waals surface area contributed by atoms with Crippen LogP contribution < -0.4 is 5.43 Å². The Hall–Kier alpha value is -0.880. The Kier molecular flexibility index (Phi) is 5.60. The Balaban J connectivity index is 1.90. The van der Waals surface area contributed by atoms with Crippen LogP contribution in [-0.4, -0.2) is 23.5 Å². The monoisotopic (exact) mass is 297 g/mol. The molecule has 0 bridgehead atoms. The van der Waals surface area contributed by atoms with Crippen molar-refractivity contribution < 1.29 is 9.90 Å². The highest BCUT2D eigenvalue weighted by Crippen LogP contribution is 2.52. The summed E-state index contributed by atoms with van der Waals surface area (Å²) in [6.07, 6.45) is 11.7. The number of rotatable bonds is 3. The fourth-order valence-electron chi connectivity index (χ4n) is 3.88.